The zero-order valence-electron chi connectivity index (χ0n) is 11.8. The number of benzene rings is 1. The van der Waals surface area contributed by atoms with E-state index in [0.29, 0.717) is 24.2 Å². The molecular weight excluding hydrogens is 291 g/mol. The Kier molecular flexibility index (Phi) is 4.35. The smallest absolute Gasteiger partial charge is 0.313 e. The van der Waals surface area contributed by atoms with Crippen LogP contribution in [0.4, 0.5) is 10.1 Å². The predicted molar refractivity (Wildman–Crippen MR) is 82.2 cm³/mol. The van der Waals surface area contributed by atoms with Gasteiger partial charge < -0.3 is 15.4 Å². The van der Waals surface area contributed by atoms with Crippen LogP contribution >= 0.6 is 11.8 Å². The van der Waals surface area contributed by atoms with Crippen molar-refractivity contribution in [2.45, 2.75) is 18.4 Å². The summed E-state index contributed by atoms with van der Waals surface area (Å²) in [6.45, 7) is 2.04. The molecule has 2 saturated heterocycles. The molecule has 0 aromatic heterocycles. The Morgan fingerprint density at radius 1 is 1.38 bits per heavy atom. The van der Waals surface area contributed by atoms with Crippen molar-refractivity contribution in [2.75, 3.05) is 36.0 Å². The van der Waals surface area contributed by atoms with Crippen molar-refractivity contribution in [2.24, 2.45) is 5.73 Å². The lowest BCUT2D eigenvalue weighted by molar-refractivity contribution is -0.142. The van der Waals surface area contributed by atoms with Crippen LogP contribution in [0.15, 0.2) is 18.2 Å². The fourth-order valence-corrected chi connectivity index (χ4v) is 3.77. The molecule has 0 bridgehead atoms. The lowest BCUT2D eigenvalue weighted by Crippen LogP contribution is -2.33. The third-order valence-corrected chi connectivity index (χ3v) is 5.00. The van der Waals surface area contributed by atoms with E-state index in [2.05, 4.69) is 4.90 Å². The number of hydrogen-bond acceptors (Lipinski definition) is 5. The maximum absolute atomic E-state index is 14.4. The molecule has 0 aliphatic carbocycles. The number of thioether (sulfide) groups is 1. The van der Waals surface area contributed by atoms with E-state index in [0.717, 1.165) is 24.6 Å². The van der Waals surface area contributed by atoms with Gasteiger partial charge in [-0.15, -0.1) is 0 Å². The van der Waals surface area contributed by atoms with Crippen molar-refractivity contribution in [1.82, 2.24) is 0 Å². The molecule has 6 heteroatoms. The molecule has 0 saturated carbocycles. The van der Waals surface area contributed by atoms with Crippen molar-refractivity contribution in [3.05, 3.63) is 29.6 Å². The summed E-state index contributed by atoms with van der Waals surface area (Å²) < 4.78 is 19.5. The number of carbonyl (C=O) groups is 1. The summed E-state index contributed by atoms with van der Waals surface area (Å²) in [5.74, 6) is 1.09. The summed E-state index contributed by atoms with van der Waals surface area (Å²) in [6, 6.07) is 5.09. The van der Waals surface area contributed by atoms with E-state index in [9.17, 15) is 9.18 Å². The van der Waals surface area contributed by atoms with Crippen LogP contribution in [0.5, 0.6) is 0 Å². The van der Waals surface area contributed by atoms with Gasteiger partial charge in [-0.2, -0.15) is 11.8 Å². The number of anilines is 1. The second kappa shape index (κ2) is 6.23. The Labute approximate surface area is 127 Å². The Balaban J connectivity index is 1.79. The first kappa shape index (κ1) is 14.7. The summed E-state index contributed by atoms with van der Waals surface area (Å²) in [5.41, 5.74) is 6.84. The number of nitrogens with zero attached hydrogens (tertiary/aromatic N) is 1. The SMILES string of the molecule is NCC1CC(c2ccc(N3CCSCC3)c(F)c2)C(=O)O1. The first-order chi connectivity index (χ1) is 10.2. The minimum absolute atomic E-state index is 0.246. The van der Waals surface area contributed by atoms with Crippen LogP contribution in [0.3, 0.4) is 0 Å². The fraction of sp³-hybridized carbons (Fsp3) is 0.533. The second-order valence-electron chi connectivity index (χ2n) is 5.39. The first-order valence-electron chi connectivity index (χ1n) is 7.21. The maximum Gasteiger partial charge on any atom is 0.313 e. The Morgan fingerprint density at radius 3 is 2.76 bits per heavy atom. The molecule has 1 aromatic rings. The average Bonchev–Trinajstić information content (AvgIpc) is 2.89. The number of hydrogen-bond donors (Lipinski definition) is 1. The zero-order chi connectivity index (χ0) is 14.8. The highest BCUT2D eigenvalue weighted by Crippen LogP contribution is 2.33. The number of rotatable bonds is 3. The van der Waals surface area contributed by atoms with Gasteiger partial charge in [0.15, 0.2) is 0 Å². The molecular formula is C15H19FN2O2S. The molecule has 2 aliphatic heterocycles. The van der Waals surface area contributed by atoms with Gasteiger partial charge in [0.05, 0.1) is 11.6 Å². The van der Waals surface area contributed by atoms with Gasteiger partial charge in [-0.25, -0.2) is 4.39 Å². The largest absolute Gasteiger partial charge is 0.461 e. The van der Waals surface area contributed by atoms with E-state index in [1.54, 1.807) is 6.07 Å². The molecule has 4 nitrogen and oxygen atoms in total. The third-order valence-electron chi connectivity index (χ3n) is 4.05. The summed E-state index contributed by atoms with van der Waals surface area (Å²) in [7, 11) is 0. The highest BCUT2D eigenvalue weighted by molar-refractivity contribution is 7.99. The minimum Gasteiger partial charge on any atom is -0.461 e. The van der Waals surface area contributed by atoms with Crippen LogP contribution < -0.4 is 10.6 Å². The topological polar surface area (TPSA) is 55.6 Å². The molecule has 1 aromatic carbocycles. The monoisotopic (exact) mass is 310 g/mol. The lowest BCUT2D eigenvalue weighted by Gasteiger charge is -2.29. The number of esters is 1. The van der Waals surface area contributed by atoms with Gasteiger partial charge in [-0.05, 0) is 17.7 Å². The van der Waals surface area contributed by atoms with Crippen molar-refractivity contribution >= 4 is 23.4 Å². The van der Waals surface area contributed by atoms with Gasteiger partial charge in [-0.3, -0.25) is 4.79 Å². The van der Waals surface area contributed by atoms with E-state index < -0.39 is 0 Å². The number of carbonyl (C=O) groups excluding carboxylic acids is 1. The van der Waals surface area contributed by atoms with Crippen molar-refractivity contribution in [1.29, 1.82) is 0 Å². The lowest BCUT2D eigenvalue weighted by atomic mass is 9.95. The molecule has 21 heavy (non-hydrogen) atoms. The molecule has 2 N–H and O–H groups in total. The van der Waals surface area contributed by atoms with E-state index in [1.165, 1.54) is 6.07 Å². The number of cyclic esters (lactones) is 1. The molecule has 114 valence electrons. The van der Waals surface area contributed by atoms with Crippen LogP contribution in [0, 0.1) is 5.82 Å². The van der Waals surface area contributed by atoms with Crippen LogP contribution in [0.2, 0.25) is 0 Å². The summed E-state index contributed by atoms with van der Waals surface area (Å²) in [6.07, 6.45) is 0.290. The zero-order valence-corrected chi connectivity index (χ0v) is 12.6. The summed E-state index contributed by atoms with van der Waals surface area (Å²) >= 11 is 1.89. The van der Waals surface area contributed by atoms with Crippen LogP contribution in [0.25, 0.3) is 0 Å². The van der Waals surface area contributed by atoms with Crippen molar-refractivity contribution in [3.8, 4) is 0 Å². The van der Waals surface area contributed by atoms with Crippen LogP contribution in [0.1, 0.15) is 17.9 Å². The van der Waals surface area contributed by atoms with Gasteiger partial charge in [-0.1, -0.05) is 6.07 Å². The predicted octanol–water partition coefficient (Wildman–Crippen LogP) is 1.74. The van der Waals surface area contributed by atoms with Crippen LogP contribution in [-0.2, 0) is 9.53 Å². The molecule has 0 amide bonds. The van der Waals surface area contributed by atoms with E-state index >= 15 is 0 Å². The minimum atomic E-state index is -0.390. The normalized spacial score (nSPS) is 26.0. The van der Waals surface area contributed by atoms with Crippen LogP contribution in [-0.4, -0.2) is 43.2 Å². The maximum atomic E-state index is 14.4. The molecule has 0 radical (unpaired) electrons. The molecule has 2 heterocycles. The molecule has 2 fully saturated rings. The summed E-state index contributed by atoms with van der Waals surface area (Å²) in [4.78, 5) is 13.9. The number of nitrogens with two attached hydrogens (primary N) is 1. The Morgan fingerprint density at radius 2 is 2.14 bits per heavy atom. The first-order valence-corrected chi connectivity index (χ1v) is 8.37. The number of ether oxygens (including phenoxy) is 1. The fourth-order valence-electron chi connectivity index (χ4n) is 2.87. The van der Waals surface area contributed by atoms with Gasteiger partial charge >= 0.3 is 5.97 Å². The third kappa shape index (κ3) is 3.01. The Hall–Kier alpha value is -1.27. The molecule has 3 rings (SSSR count). The van der Waals surface area contributed by atoms with Gasteiger partial charge in [0.2, 0.25) is 0 Å². The standard InChI is InChI=1S/C15H19FN2O2S/c16-13-7-10(12-8-11(9-17)20-15(12)19)1-2-14(13)18-3-5-21-6-4-18/h1-2,7,11-12H,3-6,8-9,17H2. The second-order valence-corrected chi connectivity index (χ2v) is 6.62. The molecule has 0 spiro atoms. The average molecular weight is 310 g/mol. The quantitative estimate of drug-likeness (QED) is 0.862. The molecule has 2 aliphatic rings. The van der Waals surface area contributed by atoms with Gasteiger partial charge in [0, 0.05) is 37.6 Å². The van der Waals surface area contributed by atoms with E-state index in [4.69, 9.17) is 10.5 Å². The highest BCUT2D eigenvalue weighted by atomic mass is 32.2. The van der Waals surface area contributed by atoms with Gasteiger partial charge in [0.25, 0.3) is 0 Å². The highest BCUT2D eigenvalue weighted by Gasteiger charge is 2.35. The summed E-state index contributed by atoms with van der Waals surface area (Å²) in [5, 5.41) is 0. The molecule has 2 atom stereocenters. The molecule has 2 unspecified atom stereocenters. The van der Waals surface area contributed by atoms with Crippen molar-refractivity contribution < 1.29 is 13.9 Å². The Bertz CT molecular complexity index is 534. The van der Waals surface area contributed by atoms with E-state index in [-0.39, 0.29) is 23.8 Å². The van der Waals surface area contributed by atoms with Crippen molar-refractivity contribution in [3.63, 3.8) is 0 Å². The number of halogens is 1. The van der Waals surface area contributed by atoms with E-state index in [1.807, 2.05) is 17.8 Å². The van der Waals surface area contributed by atoms with Gasteiger partial charge in [0.1, 0.15) is 11.9 Å².